The molecular formula is C11H10O7. The van der Waals surface area contributed by atoms with Crippen molar-refractivity contribution in [2.45, 2.75) is 6.61 Å². The van der Waals surface area contributed by atoms with Crippen LogP contribution >= 0.6 is 0 Å². The van der Waals surface area contributed by atoms with E-state index in [2.05, 4.69) is 9.47 Å². The van der Waals surface area contributed by atoms with Gasteiger partial charge >= 0.3 is 11.9 Å². The Labute approximate surface area is 101 Å². The number of ether oxygens (including phenoxy) is 2. The van der Waals surface area contributed by atoms with Gasteiger partial charge in [-0.15, -0.1) is 0 Å². The number of carbonyl (C=O) groups is 2. The van der Waals surface area contributed by atoms with Crippen molar-refractivity contribution in [1.82, 2.24) is 0 Å². The molecular weight excluding hydrogens is 244 g/mol. The van der Waals surface area contributed by atoms with Crippen LogP contribution in [0.25, 0.3) is 0 Å². The molecule has 0 bridgehead atoms. The second-order valence-corrected chi connectivity index (χ2v) is 3.01. The maximum atomic E-state index is 11.4. The molecule has 0 aromatic carbocycles. The summed E-state index contributed by atoms with van der Waals surface area (Å²) in [7, 11) is 1.15. The van der Waals surface area contributed by atoms with E-state index in [-0.39, 0.29) is 11.5 Å². The summed E-state index contributed by atoms with van der Waals surface area (Å²) < 4.78 is 13.7. The zero-order chi connectivity index (χ0) is 13.5. The lowest BCUT2D eigenvalue weighted by atomic mass is 10.4. The second-order valence-electron chi connectivity index (χ2n) is 3.01. The van der Waals surface area contributed by atoms with Crippen LogP contribution < -0.4 is 10.2 Å². The van der Waals surface area contributed by atoms with E-state index in [0.29, 0.717) is 0 Å². The Kier molecular flexibility index (Phi) is 4.82. The summed E-state index contributed by atoms with van der Waals surface area (Å²) in [6.07, 6.45) is 2.56. The first-order valence-corrected chi connectivity index (χ1v) is 4.77. The molecule has 0 radical (unpaired) electrons. The van der Waals surface area contributed by atoms with Crippen LogP contribution in [-0.4, -0.2) is 24.2 Å². The van der Waals surface area contributed by atoms with Gasteiger partial charge in [0.1, 0.15) is 18.6 Å². The quantitative estimate of drug-likeness (QED) is 0.584. The molecule has 1 rings (SSSR count). The first kappa shape index (κ1) is 13.7. The third kappa shape index (κ3) is 3.87. The summed E-state index contributed by atoms with van der Waals surface area (Å²) in [5.74, 6) is -1.95. The van der Waals surface area contributed by atoms with Crippen molar-refractivity contribution in [3.05, 3.63) is 40.5 Å². The first-order chi connectivity index (χ1) is 8.56. The minimum absolute atomic E-state index is 0.0462. The third-order valence-corrected chi connectivity index (χ3v) is 1.78. The molecule has 1 N–H and O–H groups in total. The Hall–Kier alpha value is -2.41. The summed E-state index contributed by atoms with van der Waals surface area (Å²) in [4.78, 5) is 33.3. The van der Waals surface area contributed by atoms with Crippen molar-refractivity contribution in [3.63, 3.8) is 0 Å². The van der Waals surface area contributed by atoms with Crippen molar-refractivity contribution in [1.29, 1.82) is 0 Å². The molecule has 7 heteroatoms. The summed E-state index contributed by atoms with van der Waals surface area (Å²) in [6, 6.07) is 0.993. The molecule has 0 fully saturated rings. The van der Waals surface area contributed by atoms with Gasteiger partial charge in [0.2, 0.25) is 11.2 Å². The molecule has 0 amide bonds. The molecule has 0 saturated heterocycles. The predicted octanol–water partition coefficient (Wildman–Crippen LogP) is -0.233. The Bertz CT molecular complexity index is 526. The molecule has 0 spiro atoms. The molecule has 0 aliphatic rings. The van der Waals surface area contributed by atoms with Gasteiger partial charge < -0.3 is 19.0 Å². The van der Waals surface area contributed by atoms with Gasteiger partial charge in [-0.3, -0.25) is 4.79 Å². The van der Waals surface area contributed by atoms with Crippen molar-refractivity contribution < 1.29 is 28.6 Å². The van der Waals surface area contributed by atoms with E-state index in [9.17, 15) is 14.4 Å². The van der Waals surface area contributed by atoms with E-state index in [1.165, 1.54) is 0 Å². The highest BCUT2D eigenvalue weighted by Crippen LogP contribution is 2.06. The normalized spacial score (nSPS) is 10.3. The van der Waals surface area contributed by atoms with Crippen molar-refractivity contribution in [2.75, 3.05) is 7.11 Å². The lowest BCUT2D eigenvalue weighted by molar-refractivity contribution is -0.135. The van der Waals surface area contributed by atoms with Crippen LogP contribution in [0.3, 0.4) is 0 Å². The average molecular weight is 254 g/mol. The van der Waals surface area contributed by atoms with Crippen LogP contribution in [0.4, 0.5) is 0 Å². The van der Waals surface area contributed by atoms with Crippen LogP contribution in [0.15, 0.2) is 33.7 Å². The third-order valence-electron chi connectivity index (χ3n) is 1.78. The summed E-state index contributed by atoms with van der Waals surface area (Å²) in [6.45, 7) is -0.439. The van der Waals surface area contributed by atoms with Gasteiger partial charge in [0.25, 0.3) is 0 Å². The Morgan fingerprint density at radius 2 is 2.06 bits per heavy atom. The molecule has 0 atom stereocenters. The highest BCUT2D eigenvalue weighted by atomic mass is 16.5. The Morgan fingerprint density at radius 3 is 2.61 bits per heavy atom. The van der Waals surface area contributed by atoms with Crippen molar-refractivity contribution >= 4 is 11.9 Å². The van der Waals surface area contributed by atoms with E-state index in [1.807, 2.05) is 0 Å². The lowest BCUT2D eigenvalue weighted by Crippen LogP contribution is -2.13. The molecule has 0 saturated carbocycles. The minimum atomic E-state index is -0.926. The van der Waals surface area contributed by atoms with Crippen molar-refractivity contribution in [3.8, 4) is 5.75 Å². The molecule has 18 heavy (non-hydrogen) atoms. The zero-order valence-electron chi connectivity index (χ0n) is 9.41. The van der Waals surface area contributed by atoms with Crippen molar-refractivity contribution in [2.24, 2.45) is 0 Å². The van der Waals surface area contributed by atoms with Gasteiger partial charge in [-0.25, -0.2) is 9.59 Å². The number of hydrogen-bond donors (Lipinski definition) is 1. The molecule has 0 aliphatic heterocycles. The van der Waals surface area contributed by atoms with E-state index >= 15 is 0 Å². The van der Waals surface area contributed by atoms with E-state index in [4.69, 9.17) is 9.52 Å². The number of carbonyl (C=O) groups excluding carboxylic acids is 2. The fourth-order valence-electron chi connectivity index (χ4n) is 0.942. The molecule has 7 nitrogen and oxygen atoms in total. The predicted molar refractivity (Wildman–Crippen MR) is 57.7 cm³/mol. The van der Waals surface area contributed by atoms with Crippen LogP contribution in [0.2, 0.25) is 0 Å². The molecule has 96 valence electrons. The number of aliphatic hydroxyl groups excluding tert-OH is 1. The fourth-order valence-corrected chi connectivity index (χ4v) is 0.942. The molecule has 1 heterocycles. The number of esters is 2. The first-order valence-electron chi connectivity index (χ1n) is 4.77. The maximum Gasteiger partial charge on any atom is 0.336 e. The van der Waals surface area contributed by atoms with E-state index < -0.39 is 24.0 Å². The van der Waals surface area contributed by atoms with Gasteiger partial charge in [-0.1, -0.05) is 0 Å². The van der Waals surface area contributed by atoms with Gasteiger partial charge in [0.15, 0.2) is 0 Å². The Morgan fingerprint density at radius 1 is 1.39 bits per heavy atom. The zero-order valence-corrected chi connectivity index (χ0v) is 9.41. The monoisotopic (exact) mass is 254 g/mol. The van der Waals surface area contributed by atoms with Gasteiger partial charge in [-0.2, -0.15) is 0 Å². The summed E-state index contributed by atoms with van der Waals surface area (Å²) in [5.41, 5.74) is -0.620. The van der Waals surface area contributed by atoms with Crippen LogP contribution in [0.5, 0.6) is 5.75 Å². The molecule has 0 aliphatic carbocycles. The smallest absolute Gasteiger partial charge is 0.336 e. The standard InChI is InChI=1S/C11H10O7/c1-16-10(14)2-3-11(15)18-9-6-17-7(5-12)4-8(9)13/h2-4,6,12H,5H2,1H3/b3-2+. The van der Waals surface area contributed by atoms with Crippen LogP contribution in [0.1, 0.15) is 5.76 Å². The maximum absolute atomic E-state index is 11.4. The van der Waals surface area contributed by atoms with Gasteiger partial charge in [-0.05, 0) is 0 Å². The largest absolute Gasteiger partial charge is 0.466 e. The number of rotatable bonds is 4. The number of hydrogen-bond acceptors (Lipinski definition) is 7. The van der Waals surface area contributed by atoms with Gasteiger partial charge in [0.05, 0.1) is 7.11 Å². The van der Waals surface area contributed by atoms with Gasteiger partial charge in [0, 0.05) is 18.2 Å². The molecule has 1 aromatic rings. The highest BCUT2D eigenvalue weighted by Gasteiger charge is 2.08. The summed E-state index contributed by atoms with van der Waals surface area (Å²) >= 11 is 0. The lowest BCUT2D eigenvalue weighted by Gasteiger charge is -2.00. The fraction of sp³-hybridized carbons (Fsp3) is 0.182. The highest BCUT2D eigenvalue weighted by molar-refractivity contribution is 5.92. The van der Waals surface area contributed by atoms with Crippen LogP contribution in [0, 0.1) is 0 Å². The number of aliphatic hydroxyl groups is 1. The van der Waals surface area contributed by atoms with Crippen LogP contribution in [-0.2, 0) is 20.9 Å². The topological polar surface area (TPSA) is 103 Å². The summed E-state index contributed by atoms with van der Waals surface area (Å²) in [5, 5.41) is 8.70. The molecule has 1 aromatic heterocycles. The number of methoxy groups -OCH3 is 1. The van der Waals surface area contributed by atoms with E-state index in [0.717, 1.165) is 31.6 Å². The minimum Gasteiger partial charge on any atom is -0.466 e. The molecule has 0 unspecified atom stereocenters. The Balaban J connectivity index is 2.74. The SMILES string of the molecule is COC(=O)/C=C/C(=O)Oc1coc(CO)cc1=O. The average Bonchev–Trinajstić information content (AvgIpc) is 2.38. The second kappa shape index (κ2) is 6.36. The van der Waals surface area contributed by atoms with E-state index in [1.54, 1.807) is 0 Å².